The van der Waals surface area contributed by atoms with Crippen LogP contribution in [0.4, 0.5) is 11.5 Å². The zero-order chi connectivity index (χ0) is 22.1. The standard InChI is InChI=1S/C26H23N5O/c1-31(2)19-12-8-17(9-13-19)22-16-23-24(26(27)30-29-23)25(28-22)18-10-14-21(15-11-18)32-20-6-4-3-5-7-20/h3-16H,1-2H3,(H3,27,29,30). The van der Waals surface area contributed by atoms with Gasteiger partial charge in [0.25, 0.3) is 0 Å². The van der Waals surface area contributed by atoms with Crippen molar-refractivity contribution in [3.8, 4) is 34.0 Å². The van der Waals surface area contributed by atoms with Crippen molar-refractivity contribution >= 4 is 22.4 Å². The Labute approximate surface area is 186 Å². The van der Waals surface area contributed by atoms with Crippen molar-refractivity contribution < 1.29 is 4.74 Å². The maximum Gasteiger partial charge on any atom is 0.155 e. The molecule has 3 N–H and O–H groups in total. The molecule has 0 spiro atoms. The Morgan fingerprint density at radius 1 is 0.812 bits per heavy atom. The summed E-state index contributed by atoms with van der Waals surface area (Å²) in [6.45, 7) is 0. The molecule has 0 bridgehead atoms. The molecule has 0 fully saturated rings. The number of H-pyrrole nitrogens is 1. The molecule has 158 valence electrons. The van der Waals surface area contributed by atoms with Gasteiger partial charge in [0, 0.05) is 30.9 Å². The number of ether oxygens (including phenoxy) is 1. The van der Waals surface area contributed by atoms with Crippen LogP contribution in [-0.2, 0) is 0 Å². The Morgan fingerprint density at radius 2 is 1.47 bits per heavy atom. The smallest absolute Gasteiger partial charge is 0.155 e. The first-order chi connectivity index (χ1) is 15.6. The van der Waals surface area contributed by atoms with Gasteiger partial charge in [-0.1, -0.05) is 30.3 Å². The molecule has 0 aliphatic heterocycles. The Hall–Kier alpha value is -4.32. The molecular weight excluding hydrogens is 398 g/mol. The van der Waals surface area contributed by atoms with E-state index in [4.69, 9.17) is 15.5 Å². The summed E-state index contributed by atoms with van der Waals surface area (Å²) < 4.78 is 5.92. The summed E-state index contributed by atoms with van der Waals surface area (Å²) in [6, 6.07) is 27.9. The minimum absolute atomic E-state index is 0.432. The molecule has 2 aromatic heterocycles. The molecule has 0 atom stereocenters. The second-order valence-corrected chi connectivity index (χ2v) is 7.77. The number of nitrogens with one attached hydrogen (secondary N) is 1. The number of pyridine rings is 1. The maximum absolute atomic E-state index is 6.18. The Bertz CT molecular complexity index is 1360. The molecular formula is C26H23N5O. The average Bonchev–Trinajstić information content (AvgIpc) is 3.20. The minimum Gasteiger partial charge on any atom is -0.457 e. The molecule has 0 saturated carbocycles. The number of anilines is 2. The number of hydrogen-bond donors (Lipinski definition) is 2. The normalized spacial score (nSPS) is 10.9. The van der Waals surface area contributed by atoms with E-state index in [1.165, 1.54) is 0 Å². The van der Waals surface area contributed by atoms with Gasteiger partial charge in [-0.2, -0.15) is 5.10 Å². The molecule has 0 amide bonds. The molecule has 5 rings (SSSR count). The summed E-state index contributed by atoms with van der Waals surface area (Å²) >= 11 is 0. The molecule has 0 radical (unpaired) electrons. The lowest BCUT2D eigenvalue weighted by molar-refractivity contribution is 0.483. The fourth-order valence-corrected chi connectivity index (χ4v) is 3.66. The number of rotatable bonds is 5. The Morgan fingerprint density at radius 3 is 2.16 bits per heavy atom. The minimum atomic E-state index is 0.432. The molecule has 3 aromatic carbocycles. The predicted octanol–water partition coefficient (Wildman–Crippen LogP) is 5.73. The molecule has 0 saturated heterocycles. The van der Waals surface area contributed by atoms with Crippen molar-refractivity contribution in [2.24, 2.45) is 0 Å². The van der Waals surface area contributed by atoms with Crippen LogP contribution in [0.3, 0.4) is 0 Å². The van der Waals surface area contributed by atoms with E-state index < -0.39 is 0 Å². The van der Waals surface area contributed by atoms with Gasteiger partial charge in [-0.15, -0.1) is 0 Å². The van der Waals surface area contributed by atoms with Crippen LogP contribution in [0.5, 0.6) is 11.5 Å². The summed E-state index contributed by atoms with van der Waals surface area (Å²) in [5, 5.41) is 8.06. The molecule has 0 unspecified atom stereocenters. The van der Waals surface area contributed by atoms with Crippen LogP contribution in [0.25, 0.3) is 33.4 Å². The molecule has 6 heteroatoms. The number of nitrogen functional groups attached to an aromatic ring is 1. The van der Waals surface area contributed by atoms with Crippen LogP contribution in [0.1, 0.15) is 0 Å². The van der Waals surface area contributed by atoms with Crippen molar-refractivity contribution in [2.45, 2.75) is 0 Å². The number of nitrogens with zero attached hydrogens (tertiary/aromatic N) is 3. The van der Waals surface area contributed by atoms with Crippen molar-refractivity contribution in [3.63, 3.8) is 0 Å². The van der Waals surface area contributed by atoms with Gasteiger partial charge in [0.1, 0.15) is 11.5 Å². The van der Waals surface area contributed by atoms with E-state index in [1.807, 2.05) is 74.8 Å². The summed E-state index contributed by atoms with van der Waals surface area (Å²) in [6.07, 6.45) is 0. The van der Waals surface area contributed by atoms with E-state index >= 15 is 0 Å². The summed E-state index contributed by atoms with van der Waals surface area (Å²) in [5.41, 5.74) is 11.8. The second kappa shape index (κ2) is 8.07. The number of aromatic amines is 1. The SMILES string of the molecule is CN(C)c1ccc(-c2cc3[nH]nc(N)c3c(-c3ccc(Oc4ccccc4)cc3)n2)cc1. The quantitative estimate of drug-likeness (QED) is 0.379. The molecule has 6 nitrogen and oxygen atoms in total. The Kier molecular flexibility index (Phi) is 4.95. The van der Waals surface area contributed by atoms with Crippen LogP contribution in [-0.4, -0.2) is 29.3 Å². The largest absolute Gasteiger partial charge is 0.457 e. The molecule has 2 heterocycles. The number of aromatic nitrogens is 3. The fourth-order valence-electron chi connectivity index (χ4n) is 3.66. The zero-order valence-electron chi connectivity index (χ0n) is 17.9. The van der Waals surface area contributed by atoms with Crippen molar-refractivity contribution in [1.82, 2.24) is 15.2 Å². The van der Waals surface area contributed by atoms with Crippen molar-refractivity contribution in [2.75, 3.05) is 24.7 Å². The number of fused-ring (bicyclic) bond motifs is 1. The lowest BCUT2D eigenvalue weighted by atomic mass is 10.0. The first-order valence-corrected chi connectivity index (χ1v) is 10.3. The summed E-state index contributed by atoms with van der Waals surface area (Å²) in [4.78, 5) is 7.04. The molecule has 5 aromatic rings. The van der Waals surface area contributed by atoms with Gasteiger partial charge in [-0.25, -0.2) is 4.98 Å². The van der Waals surface area contributed by atoms with Crippen molar-refractivity contribution in [3.05, 3.63) is 84.9 Å². The van der Waals surface area contributed by atoms with Gasteiger partial charge < -0.3 is 15.4 Å². The van der Waals surface area contributed by atoms with Gasteiger partial charge in [0.2, 0.25) is 0 Å². The molecule has 0 aliphatic carbocycles. The topological polar surface area (TPSA) is 80.1 Å². The van der Waals surface area contributed by atoms with Crippen molar-refractivity contribution in [1.29, 1.82) is 0 Å². The van der Waals surface area contributed by atoms with E-state index in [1.54, 1.807) is 0 Å². The number of para-hydroxylation sites is 1. The van der Waals surface area contributed by atoms with Gasteiger partial charge in [-0.05, 0) is 54.6 Å². The highest BCUT2D eigenvalue weighted by Crippen LogP contribution is 2.34. The zero-order valence-corrected chi connectivity index (χ0v) is 17.9. The van der Waals surface area contributed by atoms with E-state index in [9.17, 15) is 0 Å². The van der Waals surface area contributed by atoms with E-state index in [0.717, 1.165) is 50.6 Å². The lowest BCUT2D eigenvalue weighted by Crippen LogP contribution is -2.07. The monoisotopic (exact) mass is 421 g/mol. The molecule has 32 heavy (non-hydrogen) atoms. The first-order valence-electron chi connectivity index (χ1n) is 10.3. The summed E-state index contributed by atoms with van der Waals surface area (Å²) in [5.74, 6) is 1.98. The lowest BCUT2D eigenvalue weighted by Gasteiger charge is -2.13. The Balaban J connectivity index is 1.55. The van der Waals surface area contributed by atoms with Gasteiger partial charge in [0.15, 0.2) is 5.82 Å². The highest BCUT2D eigenvalue weighted by atomic mass is 16.5. The van der Waals surface area contributed by atoms with E-state index in [2.05, 4.69) is 39.4 Å². The number of nitrogens with two attached hydrogens (primary N) is 1. The van der Waals surface area contributed by atoms with Gasteiger partial charge >= 0.3 is 0 Å². The van der Waals surface area contributed by atoms with Crippen LogP contribution in [0.2, 0.25) is 0 Å². The van der Waals surface area contributed by atoms with Crippen LogP contribution in [0, 0.1) is 0 Å². The van der Waals surface area contributed by atoms with Gasteiger partial charge in [-0.3, -0.25) is 5.10 Å². The van der Waals surface area contributed by atoms with Gasteiger partial charge in [0.05, 0.1) is 22.3 Å². The third-order valence-electron chi connectivity index (χ3n) is 5.36. The third-order valence-corrected chi connectivity index (χ3v) is 5.36. The number of hydrogen-bond acceptors (Lipinski definition) is 5. The van der Waals surface area contributed by atoms with Crippen LogP contribution < -0.4 is 15.4 Å². The highest BCUT2D eigenvalue weighted by molar-refractivity contribution is 6.01. The average molecular weight is 422 g/mol. The highest BCUT2D eigenvalue weighted by Gasteiger charge is 2.15. The van der Waals surface area contributed by atoms with Crippen LogP contribution in [0.15, 0.2) is 84.9 Å². The summed E-state index contributed by atoms with van der Waals surface area (Å²) in [7, 11) is 4.05. The van der Waals surface area contributed by atoms with Crippen LogP contribution >= 0.6 is 0 Å². The maximum atomic E-state index is 6.18. The fraction of sp³-hybridized carbons (Fsp3) is 0.0769. The second-order valence-electron chi connectivity index (χ2n) is 7.77. The van der Waals surface area contributed by atoms with E-state index in [0.29, 0.717) is 5.82 Å². The predicted molar refractivity (Wildman–Crippen MR) is 130 cm³/mol. The van der Waals surface area contributed by atoms with E-state index in [-0.39, 0.29) is 0 Å². The number of benzene rings is 3. The third kappa shape index (κ3) is 3.74. The molecule has 0 aliphatic rings. The first kappa shape index (κ1) is 19.6.